The highest BCUT2D eigenvalue weighted by Crippen LogP contribution is 2.23. The molecule has 1 saturated heterocycles. The molecule has 0 spiro atoms. The quantitative estimate of drug-likeness (QED) is 0.777. The van der Waals surface area contributed by atoms with Gasteiger partial charge in [-0.05, 0) is 73.6 Å². The van der Waals surface area contributed by atoms with E-state index in [9.17, 15) is 14.0 Å². The third-order valence-electron chi connectivity index (χ3n) is 5.47. The van der Waals surface area contributed by atoms with Crippen molar-refractivity contribution in [1.29, 1.82) is 0 Å². The maximum atomic E-state index is 12.9. The number of halogens is 1. The van der Waals surface area contributed by atoms with E-state index in [2.05, 4.69) is 17.4 Å². The van der Waals surface area contributed by atoms with Crippen molar-refractivity contribution < 1.29 is 18.7 Å². The molecule has 2 amide bonds. The maximum absolute atomic E-state index is 12.9. The number of hydrogen-bond donors (Lipinski definition) is 1. The molecule has 3 rings (SSSR count). The molecule has 0 unspecified atom stereocenters. The monoisotopic (exact) mass is 398 g/mol. The normalized spacial score (nSPS) is 14.5. The Labute approximate surface area is 170 Å². The molecule has 0 saturated carbocycles. The predicted molar refractivity (Wildman–Crippen MR) is 109 cm³/mol. The summed E-state index contributed by atoms with van der Waals surface area (Å²) in [4.78, 5) is 26.2. The van der Waals surface area contributed by atoms with Crippen LogP contribution in [0, 0.1) is 11.7 Å². The third kappa shape index (κ3) is 6.04. The fraction of sp³-hybridized carbons (Fsp3) is 0.391. The van der Waals surface area contributed by atoms with Crippen molar-refractivity contribution in [2.24, 2.45) is 5.92 Å². The molecule has 0 aromatic heterocycles. The summed E-state index contributed by atoms with van der Waals surface area (Å²) in [6, 6.07) is 13.4. The van der Waals surface area contributed by atoms with Gasteiger partial charge in [0.15, 0.2) is 0 Å². The molecule has 0 aliphatic carbocycles. The highest BCUT2D eigenvalue weighted by molar-refractivity contribution is 5.96. The summed E-state index contributed by atoms with van der Waals surface area (Å²) in [5.74, 6) is 0.635. The number of carbonyl (C=O) groups is 2. The van der Waals surface area contributed by atoms with Crippen molar-refractivity contribution in [3.8, 4) is 5.75 Å². The number of carbonyl (C=O) groups excluding carboxylic acids is 2. The Hall–Kier alpha value is -2.89. The average molecular weight is 398 g/mol. The number of benzene rings is 2. The second-order valence-corrected chi connectivity index (χ2v) is 7.40. The van der Waals surface area contributed by atoms with E-state index in [1.165, 1.54) is 29.8 Å². The molecule has 6 heteroatoms. The van der Waals surface area contributed by atoms with E-state index in [-0.39, 0.29) is 18.4 Å². The van der Waals surface area contributed by atoms with E-state index in [4.69, 9.17) is 4.74 Å². The first kappa shape index (κ1) is 20.8. The topological polar surface area (TPSA) is 58.6 Å². The van der Waals surface area contributed by atoms with Crippen LogP contribution < -0.4 is 10.1 Å². The Bertz CT molecular complexity index is 813. The molecular weight excluding hydrogens is 371 g/mol. The SMILES string of the molecule is COc1ccc(CCC2CCN(C(=O)CNC(=O)c3ccc(F)cc3)CC2)cc1. The number of nitrogens with zero attached hydrogens (tertiary/aromatic N) is 1. The Morgan fingerprint density at radius 2 is 1.72 bits per heavy atom. The zero-order valence-corrected chi connectivity index (χ0v) is 16.7. The second-order valence-electron chi connectivity index (χ2n) is 7.40. The zero-order chi connectivity index (χ0) is 20.6. The van der Waals surface area contributed by atoms with E-state index in [0.717, 1.165) is 44.5 Å². The van der Waals surface area contributed by atoms with Crippen LogP contribution in [-0.2, 0) is 11.2 Å². The first-order chi connectivity index (χ1) is 14.0. The summed E-state index contributed by atoms with van der Waals surface area (Å²) in [5, 5.41) is 2.62. The van der Waals surface area contributed by atoms with Gasteiger partial charge in [-0.2, -0.15) is 0 Å². The molecule has 1 fully saturated rings. The minimum absolute atomic E-state index is 0.0350. The van der Waals surface area contributed by atoms with E-state index in [0.29, 0.717) is 11.5 Å². The third-order valence-corrected chi connectivity index (χ3v) is 5.47. The number of aryl methyl sites for hydroxylation is 1. The lowest BCUT2D eigenvalue weighted by atomic mass is 9.90. The van der Waals surface area contributed by atoms with Crippen LogP contribution in [-0.4, -0.2) is 43.5 Å². The van der Waals surface area contributed by atoms with Crippen molar-refractivity contribution in [1.82, 2.24) is 10.2 Å². The molecule has 2 aromatic rings. The Balaban J connectivity index is 1.37. The number of amides is 2. The van der Waals surface area contributed by atoms with Gasteiger partial charge < -0.3 is 15.0 Å². The molecule has 1 N–H and O–H groups in total. The van der Waals surface area contributed by atoms with Gasteiger partial charge in [0.05, 0.1) is 13.7 Å². The van der Waals surface area contributed by atoms with Crippen LogP contribution in [0.2, 0.25) is 0 Å². The van der Waals surface area contributed by atoms with E-state index in [1.807, 2.05) is 17.0 Å². The number of hydrogen-bond acceptors (Lipinski definition) is 3. The van der Waals surface area contributed by atoms with Crippen molar-refractivity contribution in [2.75, 3.05) is 26.7 Å². The molecule has 5 nitrogen and oxygen atoms in total. The summed E-state index contributed by atoms with van der Waals surface area (Å²) in [7, 11) is 1.66. The van der Waals surface area contributed by atoms with Crippen molar-refractivity contribution >= 4 is 11.8 Å². The van der Waals surface area contributed by atoms with Crippen LogP contribution >= 0.6 is 0 Å². The van der Waals surface area contributed by atoms with Gasteiger partial charge in [-0.15, -0.1) is 0 Å². The molecule has 0 bridgehead atoms. The molecule has 0 radical (unpaired) electrons. The number of rotatable bonds is 7. The lowest BCUT2D eigenvalue weighted by molar-refractivity contribution is -0.131. The molecule has 154 valence electrons. The first-order valence-electron chi connectivity index (χ1n) is 9.99. The van der Waals surface area contributed by atoms with Crippen LogP contribution in [0.4, 0.5) is 4.39 Å². The molecular formula is C23H27FN2O3. The van der Waals surface area contributed by atoms with Crippen molar-refractivity contribution in [3.63, 3.8) is 0 Å². The number of likely N-dealkylation sites (tertiary alicyclic amines) is 1. The number of piperidine rings is 1. The fourth-order valence-corrected chi connectivity index (χ4v) is 3.61. The van der Waals surface area contributed by atoms with Crippen molar-refractivity contribution in [3.05, 3.63) is 65.5 Å². The molecule has 0 atom stereocenters. The van der Waals surface area contributed by atoms with Gasteiger partial charge in [0, 0.05) is 18.7 Å². The lowest BCUT2D eigenvalue weighted by Crippen LogP contribution is -2.44. The van der Waals surface area contributed by atoms with E-state index < -0.39 is 5.82 Å². The lowest BCUT2D eigenvalue weighted by Gasteiger charge is -2.32. The molecule has 1 aliphatic heterocycles. The molecule has 29 heavy (non-hydrogen) atoms. The van der Waals surface area contributed by atoms with Gasteiger partial charge in [0.2, 0.25) is 5.91 Å². The number of methoxy groups -OCH3 is 1. The van der Waals surface area contributed by atoms with Gasteiger partial charge in [-0.3, -0.25) is 9.59 Å². The van der Waals surface area contributed by atoms with Crippen molar-refractivity contribution in [2.45, 2.75) is 25.7 Å². The van der Waals surface area contributed by atoms with Crippen LogP contribution in [0.3, 0.4) is 0 Å². The standard InChI is InChI=1S/C23H27FN2O3/c1-29-21-10-4-17(5-11-21)2-3-18-12-14-26(15-13-18)22(27)16-25-23(28)19-6-8-20(24)9-7-19/h4-11,18H,2-3,12-16H2,1H3,(H,25,28). The summed E-state index contributed by atoms with van der Waals surface area (Å²) in [6.07, 6.45) is 4.09. The molecule has 2 aromatic carbocycles. The highest BCUT2D eigenvalue weighted by atomic mass is 19.1. The summed E-state index contributed by atoms with van der Waals surface area (Å²) < 4.78 is 18.1. The maximum Gasteiger partial charge on any atom is 0.251 e. The van der Waals surface area contributed by atoms with Crippen LogP contribution in [0.25, 0.3) is 0 Å². The van der Waals surface area contributed by atoms with Gasteiger partial charge in [0.25, 0.3) is 5.91 Å². The highest BCUT2D eigenvalue weighted by Gasteiger charge is 2.23. The smallest absolute Gasteiger partial charge is 0.251 e. The Morgan fingerprint density at radius 1 is 1.07 bits per heavy atom. The summed E-state index contributed by atoms with van der Waals surface area (Å²) in [5.41, 5.74) is 1.64. The summed E-state index contributed by atoms with van der Waals surface area (Å²) >= 11 is 0. The molecule has 1 aliphatic rings. The van der Waals surface area contributed by atoms with Crippen LogP contribution in [0.15, 0.2) is 48.5 Å². The van der Waals surface area contributed by atoms with E-state index in [1.54, 1.807) is 7.11 Å². The van der Waals surface area contributed by atoms with Crippen LogP contribution in [0.5, 0.6) is 5.75 Å². The Morgan fingerprint density at radius 3 is 2.34 bits per heavy atom. The second kappa shape index (κ2) is 10.0. The fourth-order valence-electron chi connectivity index (χ4n) is 3.61. The van der Waals surface area contributed by atoms with Gasteiger partial charge in [-0.1, -0.05) is 12.1 Å². The number of ether oxygens (including phenoxy) is 1. The average Bonchev–Trinajstić information content (AvgIpc) is 2.77. The van der Waals surface area contributed by atoms with Crippen LogP contribution in [0.1, 0.15) is 35.2 Å². The Kier molecular flexibility index (Phi) is 7.22. The van der Waals surface area contributed by atoms with Gasteiger partial charge in [-0.25, -0.2) is 4.39 Å². The number of nitrogens with one attached hydrogen (secondary N) is 1. The zero-order valence-electron chi connectivity index (χ0n) is 16.7. The summed E-state index contributed by atoms with van der Waals surface area (Å²) in [6.45, 7) is 1.41. The van der Waals surface area contributed by atoms with Gasteiger partial charge in [0.1, 0.15) is 11.6 Å². The molecule has 1 heterocycles. The first-order valence-corrected chi connectivity index (χ1v) is 9.99. The van der Waals surface area contributed by atoms with E-state index >= 15 is 0 Å². The largest absolute Gasteiger partial charge is 0.497 e. The van der Waals surface area contributed by atoms with Gasteiger partial charge >= 0.3 is 0 Å². The minimum Gasteiger partial charge on any atom is -0.497 e. The predicted octanol–water partition coefficient (Wildman–Crippen LogP) is 3.44. The minimum atomic E-state index is -0.396.